The highest BCUT2D eigenvalue weighted by molar-refractivity contribution is 7.92. The van der Waals surface area contributed by atoms with Crippen LogP contribution in [0.1, 0.15) is 51.5 Å². The molecule has 0 radical (unpaired) electrons. The number of carbonyl (C=O) groups excluding carboxylic acids is 2. The van der Waals surface area contributed by atoms with E-state index >= 15 is 0 Å². The van der Waals surface area contributed by atoms with E-state index in [-0.39, 0.29) is 24.2 Å². The Hall–Kier alpha value is -2.49. The summed E-state index contributed by atoms with van der Waals surface area (Å²) in [7, 11) is -3.88. The highest BCUT2D eigenvalue weighted by atomic mass is 35.5. The molecule has 2 aromatic carbocycles. The quantitative estimate of drug-likeness (QED) is 0.400. The number of rotatable bonds is 11. The summed E-state index contributed by atoms with van der Waals surface area (Å²) in [6.45, 7) is 3.23. The van der Waals surface area contributed by atoms with Gasteiger partial charge in [0.05, 0.1) is 18.6 Å². The molecule has 0 saturated heterocycles. The van der Waals surface area contributed by atoms with E-state index in [0.717, 1.165) is 42.7 Å². The summed E-state index contributed by atoms with van der Waals surface area (Å²) in [5.74, 6) is -0.515. The number of hydrogen-bond acceptors (Lipinski definition) is 5. The Labute approximate surface area is 235 Å². The van der Waals surface area contributed by atoms with Crippen molar-refractivity contribution in [1.29, 1.82) is 0 Å². The minimum absolute atomic E-state index is 0.00119. The number of ether oxygens (including phenoxy) is 1. The van der Waals surface area contributed by atoms with Gasteiger partial charge in [0.25, 0.3) is 0 Å². The Morgan fingerprint density at radius 3 is 2.42 bits per heavy atom. The van der Waals surface area contributed by atoms with Crippen molar-refractivity contribution in [2.75, 3.05) is 23.7 Å². The Morgan fingerprint density at radius 1 is 1.11 bits per heavy atom. The maximum atomic E-state index is 13.8. The van der Waals surface area contributed by atoms with E-state index in [9.17, 15) is 18.0 Å². The summed E-state index contributed by atoms with van der Waals surface area (Å²) < 4.78 is 32.3. The smallest absolute Gasteiger partial charge is 0.244 e. The number of para-hydroxylation sites is 2. The fourth-order valence-electron chi connectivity index (χ4n) is 4.52. The monoisotopic (exact) mass is 583 g/mol. The fourth-order valence-corrected chi connectivity index (χ4v) is 5.84. The first kappa shape index (κ1) is 30.1. The van der Waals surface area contributed by atoms with Gasteiger partial charge in [0.1, 0.15) is 18.3 Å². The van der Waals surface area contributed by atoms with E-state index in [0.29, 0.717) is 28.0 Å². The van der Waals surface area contributed by atoms with Crippen LogP contribution in [0, 0.1) is 0 Å². The summed E-state index contributed by atoms with van der Waals surface area (Å²) in [6.07, 6.45) is 6.06. The van der Waals surface area contributed by atoms with Crippen molar-refractivity contribution in [1.82, 2.24) is 10.2 Å². The van der Waals surface area contributed by atoms with Crippen molar-refractivity contribution < 1.29 is 22.7 Å². The van der Waals surface area contributed by atoms with Gasteiger partial charge in [-0.3, -0.25) is 13.9 Å². The van der Waals surface area contributed by atoms with Crippen LogP contribution in [0.3, 0.4) is 0 Å². The van der Waals surface area contributed by atoms with E-state index in [1.54, 1.807) is 56.3 Å². The third-order valence-electron chi connectivity index (χ3n) is 6.59. The average Bonchev–Trinajstić information content (AvgIpc) is 2.87. The lowest BCUT2D eigenvalue weighted by molar-refractivity contribution is -0.139. The zero-order valence-corrected chi connectivity index (χ0v) is 24.3. The van der Waals surface area contributed by atoms with Gasteiger partial charge in [-0.25, -0.2) is 8.42 Å². The van der Waals surface area contributed by atoms with Crippen molar-refractivity contribution in [2.24, 2.45) is 0 Å². The summed E-state index contributed by atoms with van der Waals surface area (Å²) in [4.78, 5) is 28.4. The highest BCUT2D eigenvalue weighted by Crippen LogP contribution is 2.30. The van der Waals surface area contributed by atoms with E-state index < -0.39 is 28.5 Å². The summed E-state index contributed by atoms with van der Waals surface area (Å²) in [5, 5.41) is 3.85. The first-order valence-corrected chi connectivity index (χ1v) is 15.3. The minimum Gasteiger partial charge on any atom is -0.492 e. The lowest BCUT2D eigenvalue weighted by Crippen LogP contribution is -2.53. The Balaban J connectivity index is 1.93. The number of halogens is 2. The van der Waals surface area contributed by atoms with E-state index in [2.05, 4.69) is 5.32 Å². The number of amides is 2. The third-order valence-corrected chi connectivity index (χ3v) is 8.30. The molecule has 0 aliphatic heterocycles. The van der Waals surface area contributed by atoms with Crippen molar-refractivity contribution in [3.8, 4) is 5.75 Å². The number of hydrogen-bond donors (Lipinski definition) is 1. The molecule has 0 spiro atoms. The van der Waals surface area contributed by atoms with Gasteiger partial charge >= 0.3 is 0 Å². The molecular formula is C27H35Cl2N3O5S. The molecule has 2 aromatic rings. The molecule has 1 N–H and O–H groups in total. The lowest BCUT2D eigenvalue weighted by Gasteiger charge is -2.33. The molecule has 38 heavy (non-hydrogen) atoms. The molecule has 208 valence electrons. The second-order valence-corrected chi connectivity index (χ2v) is 12.2. The summed E-state index contributed by atoms with van der Waals surface area (Å²) >= 11 is 12.5. The average molecular weight is 585 g/mol. The van der Waals surface area contributed by atoms with Gasteiger partial charge in [-0.2, -0.15) is 0 Å². The second kappa shape index (κ2) is 13.5. The van der Waals surface area contributed by atoms with Crippen LogP contribution in [-0.2, 0) is 26.2 Å². The van der Waals surface area contributed by atoms with Crippen LogP contribution in [0.5, 0.6) is 5.75 Å². The minimum atomic E-state index is -3.88. The van der Waals surface area contributed by atoms with Crippen LogP contribution in [0.4, 0.5) is 5.69 Å². The molecule has 0 heterocycles. The van der Waals surface area contributed by atoms with Gasteiger partial charge in [-0.1, -0.05) is 60.7 Å². The molecule has 0 aromatic heterocycles. The van der Waals surface area contributed by atoms with Crippen LogP contribution in [-0.4, -0.2) is 56.6 Å². The SMILES string of the molecule is CCOc1ccccc1N(CC(=O)N(Cc1ccc(Cl)cc1Cl)[C@H](C)C(=O)NC1CCCCC1)S(C)(=O)=O. The van der Waals surface area contributed by atoms with Crippen LogP contribution in [0.15, 0.2) is 42.5 Å². The Bertz CT molecular complexity index is 1230. The summed E-state index contributed by atoms with van der Waals surface area (Å²) in [5.41, 5.74) is 0.830. The predicted octanol–water partition coefficient (Wildman–Crippen LogP) is 5.02. The Kier molecular flexibility index (Phi) is 10.7. The highest BCUT2D eigenvalue weighted by Gasteiger charge is 2.32. The Morgan fingerprint density at radius 2 is 1.79 bits per heavy atom. The maximum absolute atomic E-state index is 13.8. The van der Waals surface area contributed by atoms with Crippen molar-refractivity contribution in [2.45, 2.75) is 64.6 Å². The molecular weight excluding hydrogens is 549 g/mol. The number of anilines is 1. The zero-order chi connectivity index (χ0) is 27.9. The summed E-state index contributed by atoms with van der Waals surface area (Å²) in [6, 6.07) is 10.7. The van der Waals surface area contributed by atoms with Crippen LogP contribution < -0.4 is 14.4 Å². The number of carbonyl (C=O) groups is 2. The number of benzene rings is 2. The van der Waals surface area contributed by atoms with Crippen LogP contribution >= 0.6 is 23.2 Å². The molecule has 1 atom stereocenters. The van der Waals surface area contributed by atoms with Crippen molar-refractivity contribution >= 4 is 50.7 Å². The number of nitrogens with zero attached hydrogens (tertiary/aromatic N) is 2. The number of nitrogens with one attached hydrogen (secondary N) is 1. The van der Waals surface area contributed by atoms with Gasteiger partial charge in [-0.15, -0.1) is 0 Å². The van der Waals surface area contributed by atoms with Gasteiger partial charge in [0.15, 0.2) is 0 Å². The maximum Gasteiger partial charge on any atom is 0.244 e. The normalized spacial score (nSPS) is 15.0. The lowest BCUT2D eigenvalue weighted by atomic mass is 9.95. The predicted molar refractivity (Wildman–Crippen MR) is 151 cm³/mol. The number of sulfonamides is 1. The van der Waals surface area contributed by atoms with Crippen molar-refractivity contribution in [3.05, 3.63) is 58.1 Å². The van der Waals surface area contributed by atoms with Crippen LogP contribution in [0.2, 0.25) is 10.0 Å². The second-order valence-electron chi connectivity index (χ2n) is 9.45. The molecule has 2 amide bonds. The molecule has 3 rings (SSSR count). The third kappa shape index (κ3) is 8.01. The van der Waals surface area contributed by atoms with E-state index in [1.807, 2.05) is 0 Å². The molecule has 11 heteroatoms. The molecule has 0 bridgehead atoms. The van der Waals surface area contributed by atoms with Gasteiger partial charge in [0.2, 0.25) is 21.8 Å². The topological polar surface area (TPSA) is 96.0 Å². The van der Waals surface area contributed by atoms with Crippen molar-refractivity contribution in [3.63, 3.8) is 0 Å². The van der Waals surface area contributed by atoms with E-state index in [4.69, 9.17) is 27.9 Å². The van der Waals surface area contributed by atoms with Gasteiger partial charge in [-0.05, 0) is 56.5 Å². The standard InChI is InChI=1S/C27H35Cl2N3O5S/c1-4-37-25-13-9-8-12-24(25)32(38(3,35)36)18-26(33)31(17-20-14-15-21(28)16-23(20)29)19(2)27(34)30-22-10-6-5-7-11-22/h8-9,12-16,19,22H,4-7,10-11,17-18H2,1-3H3,(H,30,34)/t19-/m1/s1. The van der Waals surface area contributed by atoms with Crippen LogP contribution in [0.25, 0.3) is 0 Å². The molecule has 1 aliphatic carbocycles. The van der Waals surface area contributed by atoms with E-state index in [1.165, 1.54) is 4.90 Å². The molecule has 1 fully saturated rings. The zero-order valence-electron chi connectivity index (χ0n) is 22.0. The molecule has 1 aliphatic rings. The molecule has 1 saturated carbocycles. The molecule has 0 unspecified atom stereocenters. The van der Waals surface area contributed by atoms with Gasteiger partial charge in [0, 0.05) is 22.6 Å². The largest absolute Gasteiger partial charge is 0.492 e. The fraction of sp³-hybridized carbons (Fsp3) is 0.481. The molecule has 8 nitrogen and oxygen atoms in total. The first-order valence-electron chi connectivity index (χ1n) is 12.7. The van der Waals surface area contributed by atoms with Gasteiger partial charge < -0.3 is 15.0 Å². The first-order chi connectivity index (χ1) is 18.0.